The Morgan fingerprint density at radius 2 is 1.91 bits per heavy atom. The van der Waals surface area contributed by atoms with Crippen LogP contribution in [0, 0.1) is 23.2 Å². The molecular formula is C21H22O2. The second-order valence-electron chi connectivity index (χ2n) is 7.71. The Hall–Kier alpha value is -1.83. The molecule has 0 saturated heterocycles. The molecular weight excluding hydrogens is 284 g/mol. The quantitative estimate of drug-likeness (QED) is 0.579. The molecule has 0 aliphatic heterocycles. The monoisotopic (exact) mass is 306 g/mol. The van der Waals surface area contributed by atoms with Gasteiger partial charge in [-0.2, -0.15) is 0 Å². The van der Waals surface area contributed by atoms with E-state index in [2.05, 4.69) is 12.1 Å². The molecule has 2 nitrogen and oxygen atoms in total. The first-order chi connectivity index (χ1) is 11.3. The van der Waals surface area contributed by atoms with E-state index < -0.39 is 0 Å². The number of hydrogen-bond acceptors (Lipinski definition) is 2. The van der Waals surface area contributed by atoms with Crippen molar-refractivity contribution in [2.24, 2.45) is 23.2 Å². The summed E-state index contributed by atoms with van der Waals surface area (Å²) >= 11 is 0. The van der Waals surface area contributed by atoms with Crippen molar-refractivity contribution in [2.45, 2.75) is 38.5 Å². The maximum absolute atomic E-state index is 13.1. The van der Waals surface area contributed by atoms with Crippen LogP contribution in [0.25, 0.3) is 10.8 Å². The number of carbonyl (C=O) groups excluding carboxylic acids is 1. The van der Waals surface area contributed by atoms with Gasteiger partial charge in [0.15, 0.2) is 0 Å². The van der Waals surface area contributed by atoms with Crippen molar-refractivity contribution in [1.29, 1.82) is 0 Å². The Morgan fingerprint density at radius 1 is 1.04 bits per heavy atom. The molecule has 4 unspecified atom stereocenters. The van der Waals surface area contributed by atoms with Gasteiger partial charge < -0.3 is 4.74 Å². The third-order valence-corrected chi connectivity index (χ3v) is 6.85. The van der Waals surface area contributed by atoms with Gasteiger partial charge in [-0.25, -0.2) is 0 Å². The van der Waals surface area contributed by atoms with Gasteiger partial charge >= 0.3 is 5.97 Å². The van der Waals surface area contributed by atoms with Gasteiger partial charge in [-0.1, -0.05) is 36.8 Å². The lowest BCUT2D eigenvalue weighted by atomic mass is 9.68. The topological polar surface area (TPSA) is 26.3 Å². The van der Waals surface area contributed by atoms with Crippen LogP contribution in [0.4, 0.5) is 0 Å². The average molecular weight is 306 g/mol. The standard InChI is InChI=1S/C21H22O2/c22-20(21-11-3-6-19(21)16-7-9-17(21)12-16)23-18-10-8-14-4-1-2-5-15(14)13-18/h1-2,4-5,8,10,13,16-17,19H,3,6-7,9,11-12H2. The summed E-state index contributed by atoms with van der Waals surface area (Å²) in [4.78, 5) is 13.1. The summed E-state index contributed by atoms with van der Waals surface area (Å²) < 4.78 is 5.92. The van der Waals surface area contributed by atoms with Gasteiger partial charge in [0.1, 0.15) is 5.75 Å². The zero-order valence-corrected chi connectivity index (χ0v) is 13.3. The molecule has 3 fully saturated rings. The smallest absolute Gasteiger partial charge is 0.318 e. The molecule has 3 aliphatic rings. The van der Waals surface area contributed by atoms with Crippen molar-refractivity contribution in [3.8, 4) is 5.75 Å². The van der Waals surface area contributed by atoms with Gasteiger partial charge in [-0.15, -0.1) is 0 Å². The molecule has 23 heavy (non-hydrogen) atoms. The minimum Gasteiger partial charge on any atom is -0.426 e. The molecule has 3 saturated carbocycles. The number of esters is 1. The summed E-state index contributed by atoms with van der Waals surface area (Å²) in [7, 11) is 0. The molecule has 5 rings (SSSR count). The first-order valence-electron chi connectivity index (χ1n) is 8.98. The van der Waals surface area contributed by atoms with Crippen molar-refractivity contribution < 1.29 is 9.53 Å². The van der Waals surface area contributed by atoms with E-state index >= 15 is 0 Å². The highest BCUT2D eigenvalue weighted by Crippen LogP contribution is 2.66. The van der Waals surface area contributed by atoms with E-state index in [0.29, 0.717) is 17.6 Å². The minimum absolute atomic E-state index is 0.0579. The van der Waals surface area contributed by atoms with Crippen LogP contribution in [0.15, 0.2) is 42.5 Å². The summed E-state index contributed by atoms with van der Waals surface area (Å²) in [6, 6.07) is 14.2. The van der Waals surface area contributed by atoms with Crippen LogP contribution in [-0.2, 0) is 4.79 Å². The summed E-state index contributed by atoms with van der Waals surface area (Å²) in [6.45, 7) is 0. The molecule has 0 N–H and O–H groups in total. The number of fused-ring (bicyclic) bond motifs is 6. The molecule has 0 amide bonds. The summed E-state index contributed by atoms with van der Waals surface area (Å²) in [5, 5.41) is 2.32. The van der Waals surface area contributed by atoms with Gasteiger partial charge in [0, 0.05) is 0 Å². The molecule has 2 aromatic carbocycles. The second kappa shape index (κ2) is 4.83. The van der Waals surface area contributed by atoms with Crippen LogP contribution in [0.2, 0.25) is 0 Å². The highest BCUT2D eigenvalue weighted by molar-refractivity contribution is 5.86. The summed E-state index contributed by atoms with van der Waals surface area (Å²) in [5.74, 6) is 2.72. The van der Waals surface area contributed by atoms with E-state index in [9.17, 15) is 4.79 Å². The number of rotatable bonds is 2. The van der Waals surface area contributed by atoms with E-state index in [1.54, 1.807) is 0 Å². The van der Waals surface area contributed by atoms with Crippen molar-refractivity contribution >= 4 is 16.7 Å². The Bertz CT molecular complexity index is 780. The number of hydrogen-bond donors (Lipinski definition) is 0. The van der Waals surface area contributed by atoms with Gasteiger partial charge in [0.05, 0.1) is 5.41 Å². The molecule has 2 heteroatoms. The first-order valence-corrected chi connectivity index (χ1v) is 8.98. The summed E-state index contributed by atoms with van der Waals surface area (Å²) in [6.07, 6.45) is 7.30. The third-order valence-electron chi connectivity index (χ3n) is 6.85. The second-order valence-corrected chi connectivity index (χ2v) is 7.71. The van der Waals surface area contributed by atoms with E-state index in [1.165, 1.54) is 37.5 Å². The van der Waals surface area contributed by atoms with Gasteiger partial charge in [-0.3, -0.25) is 4.79 Å². The van der Waals surface area contributed by atoms with E-state index in [-0.39, 0.29) is 11.4 Å². The van der Waals surface area contributed by atoms with Gasteiger partial charge in [0.25, 0.3) is 0 Å². The van der Waals surface area contributed by atoms with Crippen LogP contribution < -0.4 is 4.74 Å². The zero-order chi connectivity index (χ0) is 15.4. The zero-order valence-electron chi connectivity index (χ0n) is 13.3. The molecule has 0 heterocycles. The maximum Gasteiger partial charge on any atom is 0.318 e. The van der Waals surface area contributed by atoms with Crippen LogP contribution in [0.5, 0.6) is 5.75 Å². The van der Waals surface area contributed by atoms with Crippen LogP contribution in [-0.4, -0.2) is 5.97 Å². The molecule has 0 radical (unpaired) electrons. The molecule has 2 aromatic rings. The molecule has 3 aliphatic carbocycles. The minimum atomic E-state index is -0.158. The Labute approximate surface area is 136 Å². The Balaban J connectivity index is 1.46. The fourth-order valence-electron chi connectivity index (χ4n) is 5.92. The molecule has 118 valence electrons. The van der Waals surface area contributed by atoms with E-state index in [4.69, 9.17) is 4.74 Å². The molecule has 2 bridgehead atoms. The predicted molar refractivity (Wildman–Crippen MR) is 90.2 cm³/mol. The lowest BCUT2D eigenvalue weighted by molar-refractivity contribution is -0.151. The van der Waals surface area contributed by atoms with E-state index in [0.717, 1.165) is 17.7 Å². The Kier molecular flexibility index (Phi) is 2.86. The highest BCUT2D eigenvalue weighted by Gasteiger charge is 2.64. The van der Waals surface area contributed by atoms with Gasteiger partial charge in [0.2, 0.25) is 0 Å². The lowest BCUT2D eigenvalue weighted by Gasteiger charge is -2.36. The normalized spacial score (nSPS) is 34.7. The number of ether oxygens (including phenoxy) is 1. The van der Waals surface area contributed by atoms with Gasteiger partial charge in [-0.05, 0) is 72.8 Å². The third kappa shape index (κ3) is 1.84. The average Bonchev–Trinajstić information content (AvgIpc) is 3.27. The van der Waals surface area contributed by atoms with Crippen LogP contribution in [0.1, 0.15) is 38.5 Å². The fraction of sp³-hybridized carbons (Fsp3) is 0.476. The largest absolute Gasteiger partial charge is 0.426 e. The van der Waals surface area contributed by atoms with Crippen LogP contribution >= 0.6 is 0 Å². The van der Waals surface area contributed by atoms with Crippen molar-refractivity contribution in [1.82, 2.24) is 0 Å². The molecule has 0 aromatic heterocycles. The van der Waals surface area contributed by atoms with Crippen molar-refractivity contribution in [2.75, 3.05) is 0 Å². The van der Waals surface area contributed by atoms with Crippen molar-refractivity contribution in [3.63, 3.8) is 0 Å². The Morgan fingerprint density at radius 3 is 2.83 bits per heavy atom. The fourth-order valence-corrected chi connectivity index (χ4v) is 5.92. The SMILES string of the molecule is O=C(Oc1ccc2ccccc2c1)C12CCCC1C1CCC2C1. The van der Waals surface area contributed by atoms with Crippen LogP contribution in [0.3, 0.4) is 0 Å². The molecule has 0 spiro atoms. The number of benzene rings is 2. The highest BCUT2D eigenvalue weighted by atomic mass is 16.5. The maximum atomic E-state index is 13.1. The molecule has 4 atom stereocenters. The summed E-state index contributed by atoms with van der Waals surface area (Å²) in [5.41, 5.74) is -0.158. The lowest BCUT2D eigenvalue weighted by Crippen LogP contribution is -2.42. The number of carbonyl (C=O) groups is 1. The first kappa shape index (κ1) is 13.6. The van der Waals surface area contributed by atoms with E-state index in [1.807, 2.05) is 30.3 Å². The predicted octanol–water partition coefficient (Wildman–Crippen LogP) is 4.96. The van der Waals surface area contributed by atoms with Crippen molar-refractivity contribution in [3.05, 3.63) is 42.5 Å².